The first-order valence-electron chi connectivity index (χ1n) is 4.46. The van der Waals surface area contributed by atoms with Crippen LogP contribution in [0.25, 0.3) is 0 Å². The quantitative estimate of drug-likeness (QED) is 0.664. The van der Waals surface area contributed by atoms with Crippen molar-refractivity contribution in [2.75, 3.05) is 6.61 Å². The molecule has 0 aromatic heterocycles. The first kappa shape index (κ1) is 8.69. The summed E-state index contributed by atoms with van der Waals surface area (Å²) >= 11 is 0. The summed E-state index contributed by atoms with van der Waals surface area (Å²) in [6.07, 6.45) is 0. The average Bonchev–Trinajstić information content (AvgIpc) is 2.18. The molecule has 1 aliphatic heterocycles. The standard InChI is InChI=1S/C10H14N2O/c11-4-7-1-2-9-8(3-7)5-13-6-10(9)12/h1-3,10H,4-6,11-12H2. The van der Waals surface area contributed by atoms with Gasteiger partial charge in [-0.2, -0.15) is 0 Å². The zero-order valence-corrected chi connectivity index (χ0v) is 7.49. The predicted octanol–water partition coefficient (Wildman–Crippen LogP) is 0.675. The monoisotopic (exact) mass is 178 g/mol. The van der Waals surface area contributed by atoms with Crippen molar-refractivity contribution in [3.63, 3.8) is 0 Å². The summed E-state index contributed by atoms with van der Waals surface area (Å²) in [4.78, 5) is 0. The molecule has 70 valence electrons. The van der Waals surface area contributed by atoms with Gasteiger partial charge in [0.05, 0.1) is 19.3 Å². The molecule has 1 aromatic carbocycles. The van der Waals surface area contributed by atoms with E-state index in [1.807, 2.05) is 6.07 Å². The van der Waals surface area contributed by atoms with Crippen molar-refractivity contribution in [1.82, 2.24) is 0 Å². The summed E-state index contributed by atoms with van der Waals surface area (Å²) in [6, 6.07) is 6.19. The van der Waals surface area contributed by atoms with Gasteiger partial charge in [-0.15, -0.1) is 0 Å². The molecule has 13 heavy (non-hydrogen) atoms. The molecular formula is C10H14N2O. The Morgan fingerprint density at radius 1 is 1.46 bits per heavy atom. The van der Waals surface area contributed by atoms with Crippen molar-refractivity contribution in [2.45, 2.75) is 19.2 Å². The Morgan fingerprint density at radius 3 is 3.08 bits per heavy atom. The fourth-order valence-electron chi connectivity index (χ4n) is 1.66. The van der Waals surface area contributed by atoms with Crippen molar-refractivity contribution in [3.05, 3.63) is 34.9 Å². The topological polar surface area (TPSA) is 61.3 Å². The average molecular weight is 178 g/mol. The number of hydrogen-bond donors (Lipinski definition) is 2. The Hall–Kier alpha value is -0.900. The summed E-state index contributed by atoms with van der Waals surface area (Å²) in [5.41, 5.74) is 14.9. The minimum Gasteiger partial charge on any atom is -0.375 e. The van der Waals surface area contributed by atoms with Crippen molar-refractivity contribution < 1.29 is 4.74 Å². The molecule has 4 N–H and O–H groups in total. The number of fused-ring (bicyclic) bond motifs is 1. The van der Waals surface area contributed by atoms with Gasteiger partial charge >= 0.3 is 0 Å². The predicted molar refractivity (Wildman–Crippen MR) is 50.9 cm³/mol. The third-order valence-electron chi connectivity index (χ3n) is 2.40. The lowest BCUT2D eigenvalue weighted by molar-refractivity contribution is 0.0923. The number of ether oxygens (including phenoxy) is 1. The maximum absolute atomic E-state index is 5.88. The highest BCUT2D eigenvalue weighted by Gasteiger charge is 2.16. The molecule has 0 fully saturated rings. The molecule has 1 heterocycles. The lowest BCUT2D eigenvalue weighted by Crippen LogP contribution is -2.23. The van der Waals surface area contributed by atoms with Crippen LogP contribution < -0.4 is 11.5 Å². The second kappa shape index (κ2) is 3.46. The zero-order chi connectivity index (χ0) is 9.26. The van der Waals surface area contributed by atoms with Gasteiger partial charge in [0, 0.05) is 6.54 Å². The minimum atomic E-state index is 0.0237. The van der Waals surface area contributed by atoms with Crippen LogP contribution in [0.15, 0.2) is 18.2 Å². The van der Waals surface area contributed by atoms with Crippen LogP contribution in [0.2, 0.25) is 0 Å². The fourth-order valence-corrected chi connectivity index (χ4v) is 1.66. The van der Waals surface area contributed by atoms with E-state index in [2.05, 4.69) is 12.1 Å². The molecule has 1 unspecified atom stereocenters. The summed E-state index contributed by atoms with van der Waals surface area (Å²) < 4.78 is 5.34. The Bertz CT molecular complexity index is 312. The number of hydrogen-bond acceptors (Lipinski definition) is 3. The van der Waals surface area contributed by atoms with E-state index in [1.54, 1.807) is 0 Å². The maximum Gasteiger partial charge on any atom is 0.0721 e. The molecule has 0 saturated heterocycles. The summed E-state index contributed by atoms with van der Waals surface area (Å²) in [6.45, 7) is 1.86. The van der Waals surface area contributed by atoms with Crippen LogP contribution >= 0.6 is 0 Å². The third kappa shape index (κ3) is 1.58. The van der Waals surface area contributed by atoms with E-state index in [0.29, 0.717) is 19.8 Å². The molecule has 3 heteroatoms. The maximum atomic E-state index is 5.88. The molecular weight excluding hydrogens is 164 g/mol. The van der Waals surface area contributed by atoms with E-state index in [4.69, 9.17) is 16.2 Å². The van der Waals surface area contributed by atoms with E-state index in [-0.39, 0.29) is 6.04 Å². The Labute approximate surface area is 77.7 Å². The molecule has 0 radical (unpaired) electrons. The third-order valence-corrected chi connectivity index (χ3v) is 2.40. The van der Waals surface area contributed by atoms with Crippen LogP contribution in [0.1, 0.15) is 22.7 Å². The van der Waals surface area contributed by atoms with Gasteiger partial charge in [0.2, 0.25) is 0 Å². The van der Waals surface area contributed by atoms with Gasteiger partial charge in [-0.25, -0.2) is 0 Å². The second-order valence-electron chi connectivity index (χ2n) is 3.36. The van der Waals surface area contributed by atoms with Gasteiger partial charge in [-0.05, 0) is 16.7 Å². The van der Waals surface area contributed by atoms with Gasteiger partial charge in [0.1, 0.15) is 0 Å². The summed E-state index contributed by atoms with van der Waals surface area (Å²) in [7, 11) is 0. The first-order valence-corrected chi connectivity index (χ1v) is 4.46. The van der Waals surface area contributed by atoms with Crippen LogP contribution in [0.5, 0.6) is 0 Å². The molecule has 0 amide bonds. The first-order chi connectivity index (χ1) is 6.31. The highest BCUT2D eigenvalue weighted by molar-refractivity contribution is 5.34. The van der Waals surface area contributed by atoms with Crippen LogP contribution in [0.3, 0.4) is 0 Å². The molecule has 1 aliphatic rings. The molecule has 0 saturated carbocycles. The van der Waals surface area contributed by atoms with E-state index in [0.717, 1.165) is 5.56 Å². The second-order valence-corrected chi connectivity index (χ2v) is 3.36. The molecule has 3 nitrogen and oxygen atoms in total. The van der Waals surface area contributed by atoms with E-state index in [1.165, 1.54) is 11.1 Å². The number of rotatable bonds is 1. The smallest absolute Gasteiger partial charge is 0.0721 e. The van der Waals surface area contributed by atoms with Gasteiger partial charge in [-0.1, -0.05) is 18.2 Å². The van der Waals surface area contributed by atoms with Gasteiger partial charge < -0.3 is 16.2 Å². The summed E-state index contributed by atoms with van der Waals surface area (Å²) in [5, 5.41) is 0. The van der Waals surface area contributed by atoms with Gasteiger partial charge in [-0.3, -0.25) is 0 Å². The number of benzene rings is 1. The van der Waals surface area contributed by atoms with Gasteiger partial charge in [0.15, 0.2) is 0 Å². The Morgan fingerprint density at radius 2 is 2.31 bits per heavy atom. The SMILES string of the molecule is NCc1ccc2c(c1)COCC2N. The normalized spacial score (nSPS) is 21.2. The largest absolute Gasteiger partial charge is 0.375 e. The zero-order valence-electron chi connectivity index (χ0n) is 7.49. The van der Waals surface area contributed by atoms with Crippen LogP contribution in [0.4, 0.5) is 0 Å². The van der Waals surface area contributed by atoms with Crippen molar-refractivity contribution in [3.8, 4) is 0 Å². The van der Waals surface area contributed by atoms with E-state index < -0.39 is 0 Å². The fraction of sp³-hybridized carbons (Fsp3) is 0.400. The molecule has 0 bridgehead atoms. The number of nitrogens with two attached hydrogens (primary N) is 2. The molecule has 2 rings (SSSR count). The van der Waals surface area contributed by atoms with E-state index in [9.17, 15) is 0 Å². The van der Waals surface area contributed by atoms with Crippen molar-refractivity contribution >= 4 is 0 Å². The molecule has 0 spiro atoms. The van der Waals surface area contributed by atoms with Crippen molar-refractivity contribution in [1.29, 1.82) is 0 Å². The molecule has 1 aromatic rings. The highest BCUT2D eigenvalue weighted by Crippen LogP contribution is 2.23. The molecule has 0 aliphatic carbocycles. The minimum absolute atomic E-state index is 0.0237. The Balaban J connectivity index is 2.39. The molecule has 1 atom stereocenters. The van der Waals surface area contributed by atoms with E-state index >= 15 is 0 Å². The lowest BCUT2D eigenvalue weighted by Gasteiger charge is -2.22. The summed E-state index contributed by atoms with van der Waals surface area (Å²) in [5.74, 6) is 0. The lowest BCUT2D eigenvalue weighted by atomic mass is 9.97. The highest BCUT2D eigenvalue weighted by atomic mass is 16.5. The van der Waals surface area contributed by atoms with Crippen LogP contribution in [-0.2, 0) is 17.9 Å². The van der Waals surface area contributed by atoms with Crippen LogP contribution in [-0.4, -0.2) is 6.61 Å². The van der Waals surface area contributed by atoms with Crippen molar-refractivity contribution in [2.24, 2.45) is 11.5 Å². The Kier molecular flexibility index (Phi) is 2.31. The van der Waals surface area contributed by atoms with Crippen LogP contribution in [0, 0.1) is 0 Å². The van der Waals surface area contributed by atoms with Gasteiger partial charge in [0.25, 0.3) is 0 Å².